The SMILES string of the molecule is CC=CC(=O)C(C(C)=O)C(=O)O. The molecule has 4 heteroatoms. The normalized spacial score (nSPS) is 12.8. The Morgan fingerprint density at radius 2 is 1.83 bits per heavy atom. The number of hydrogen-bond acceptors (Lipinski definition) is 3. The van der Waals surface area contributed by atoms with Crippen molar-refractivity contribution in [2.45, 2.75) is 13.8 Å². The molecule has 0 aliphatic carbocycles. The topological polar surface area (TPSA) is 71.4 Å². The van der Waals surface area contributed by atoms with Crippen LogP contribution in [0, 0.1) is 5.92 Å². The molecule has 1 unspecified atom stereocenters. The van der Waals surface area contributed by atoms with Crippen molar-refractivity contribution in [1.29, 1.82) is 0 Å². The van der Waals surface area contributed by atoms with Crippen LogP contribution >= 0.6 is 0 Å². The maximum absolute atomic E-state index is 10.9. The zero-order chi connectivity index (χ0) is 9.72. The molecule has 4 nitrogen and oxygen atoms in total. The summed E-state index contributed by atoms with van der Waals surface area (Å²) in [6.07, 6.45) is 2.49. The van der Waals surface area contributed by atoms with Gasteiger partial charge in [-0.3, -0.25) is 14.4 Å². The standard InChI is InChI=1S/C8H10O4/c1-3-4-6(10)7(5(2)9)8(11)12/h3-4,7H,1-2H3,(H,11,12). The van der Waals surface area contributed by atoms with Crippen LogP contribution in [0.5, 0.6) is 0 Å². The van der Waals surface area contributed by atoms with Gasteiger partial charge in [0.25, 0.3) is 0 Å². The molecule has 0 saturated carbocycles. The van der Waals surface area contributed by atoms with Gasteiger partial charge in [0.2, 0.25) is 0 Å². The summed E-state index contributed by atoms with van der Waals surface area (Å²) < 4.78 is 0. The Kier molecular flexibility index (Phi) is 3.90. The number of carbonyl (C=O) groups excluding carboxylic acids is 2. The van der Waals surface area contributed by atoms with Gasteiger partial charge >= 0.3 is 5.97 Å². The summed E-state index contributed by atoms with van der Waals surface area (Å²) in [4.78, 5) is 32.0. The van der Waals surface area contributed by atoms with Crippen molar-refractivity contribution in [3.8, 4) is 0 Å². The van der Waals surface area contributed by atoms with Crippen molar-refractivity contribution in [3.05, 3.63) is 12.2 Å². The number of rotatable bonds is 4. The van der Waals surface area contributed by atoms with E-state index in [0.717, 1.165) is 13.0 Å². The molecule has 0 amide bonds. The highest BCUT2D eigenvalue weighted by Crippen LogP contribution is 2.01. The average molecular weight is 170 g/mol. The number of carbonyl (C=O) groups is 3. The van der Waals surface area contributed by atoms with E-state index in [9.17, 15) is 14.4 Å². The monoisotopic (exact) mass is 170 g/mol. The van der Waals surface area contributed by atoms with E-state index >= 15 is 0 Å². The lowest BCUT2D eigenvalue weighted by Crippen LogP contribution is -2.28. The Bertz CT molecular complexity index is 225. The first-order chi connectivity index (χ1) is 5.50. The lowest BCUT2D eigenvalue weighted by molar-refractivity contribution is -0.148. The first kappa shape index (κ1) is 10.6. The molecule has 0 aromatic heterocycles. The average Bonchev–Trinajstić information content (AvgIpc) is 1.85. The minimum absolute atomic E-state index is 0.648. The van der Waals surface area contributed by atoms with Crippen LogP contribution in [0.2, 0.25) is 0 Å². The van der Waals surface area contributed by atoms with Crippen LogP contribution in [0.15, 0.2) is 12.2 Å². The van der Waals surface area contributed by atoms with Crippen molar-refractivity contribution in [2.75, 3.05) is 0 Å². The highest BCUT2D eigenvalue weighted by molar-refractivity contribution is 6.19. The smallest absolute Gasteiger partial charge is 0.322 e. The molecule has 66 valence electrons. The third-order valence-electron chi connectivity index (χ3n) is 1.27. The summed E-state index contributed by atoms with van der Waals surface area (Å²) in [6.45, 7) is 2.66. The van der Waals surface area contributed by atoms with Gasteiger partial charge in [0.1, 0.15) is 0 Å². The fraction of sp³-hybridized carbons (Fsp3) is 0.375. The molecule has 1 atom stereocenters. The van der Waals surface area contributed by atoms with E-state index in [1.807, 2.05) is 0 Å². The van der Waals surface area contributed by atoms with Gasteiger partial charge in [-0.1, -0.05) is 6.08 Å². The summed E-state index contributed by atoms with van der Waals surface area (Å²) in [7, 11) is 0. The molecule has 1 N–H and O–H groups in total. The number of allylic oxidation sites excluding steroid dienone is 2. The fourth-order valence-electron chi connectivity index (χ4n) is 0.756. The Balaban J connectivity index is 4.64. The predicted molar refractivity (Wildman–Crippen MR) is 41.6 cm³/mol. The lowest BCUT2D eigenvalue weighted by Gasteiger charge is -2.02. The molecule has 0 heterocycles. The summed E-state index contributed by atoms with van der Waals surface area (Å²) in [6, 6.07) is 0. The second kappa shape index (κ2) is 4.43. The highest BCUT2D eigenvalue weighted by atomic mass is 16.4. The number of carboxylic acids is 1. The Morgan fingerprint density at radius 1 is 1.33 bits per heavy atom. The van der Waals surface area contributed by atoms with Crippen LogP contribution in [0.1, 0.15) is 13.8 Å². The summed E-state index contributed by atoms with van der Waals surface area (Å²) in [5.41, 5.74) is 0. The van der Waals surface area contributed by atoms with E-state index in [4.69, 9.17) is 5.11 Å². The van der Waals surface area contributed by atoms with Crippen LogP contribution in [0.4, 0.5) is 0 Å². The molecule has 0 aromatic rings. The maximum Gasteiger partial charge on any atom is 0.322 e. The van der Waals surface area contributed by atoms with E-state index in [2.05, 4.69) is 0 Å². The number of Topliss-reactive ketones (excluding diaryl/α,β-unsaturated/α-hetero) is 1. The molecule has 0 saturated heterocycles. The van der Waals surface area contributed by atoms with Crippen LogP contribution in [-0.4, -0.2) is 22.6 Å². The number of aliphatic carboxylic acids is 1. The van der Waals surface area contributed by atoms with Gasteiger partial charge in [-0.2, -0.15) is 0 Å². The van der Waals surface area contributed by atoms with Gasteiger partial charge in [-0.25, -0.2) is 0 Å². The lowest BCUT2D eigenvalue weighted by atomic mass is 10.00. The molecule has 0 rings (SSSR count). The van der Waals surface area contributed by atoms with Gasteiger partial charge in [0.15, 0.2) is 17.5 Å². The van der Waals surface area contributed by atoms with Gasteiger partial charge < -0.3 is 5.11 Å². The number of carboxylic acid groups (broad SMARTS) is 1. The van der Waals surface area contributed by atoms with Gasteiger partial charge in [0.05, 0.1) is 0 Å². The molecule has 0 aliphatic rings. The largest absolute Gasteiger partial charge is 0.480 e. The summed E-state index contributed by atoms with van der Waals surface area (Å²) >= 11 is 0. The van der Waals surface area contributed by atoms with Crippen molar-refractivity contribution >= 4 is 17.5 Å². The molecule has 0 aliphatic heterocycles. The van der Waals surface area contributed by atoms with Crippen molar-refractivity contribution in [2.24, 2.45) is 5.92 Å². The maximum atomic E-state index is 10.9. The van der Waals surface area contributed by atoms with Crippen molar-refractivity contribution < 1.29 is 19.5 Å². The fourth-order valence-corrected chi connectivity index (χ4v) is 0.756. The molecular weight excluding hydrogens is 160 g/mol. The van der Waals surface area contributed by atoms with E-state index in [-0.39, 0.29) is 0 Å². The van der Waals surface area contributed by atoms with Crippen molar-refractivity contribution in [1.82, 2.24) is 0 Å². The molecule has 0 fully saturated rings. The van der Waals surface area contributed by atoms with Crippen LogP contribution in [0.3, 0.4) is 0 Å². The Morgan fingerprint density at radius 3 is 2.08 bits per heavy atom. The minimum Gasteiger partial charge on any atom is -0.480 e. The van der Waals surface area contributed by atoms with Crippen LogP contribution in [-0.2, 0) is 14.4 Å². The predicted octanol–water partition coefficient (Wildman–Crippen LogP) is 0.421. The first-order valence-electron chi connectivity index (χ1n) is 3.40. The zero-order valence-corrected chi connectivity index (χ0v) is 6.90. The van der Waals surface area contributed by atoms with Gasteiger partial charge in [0, 0.05) is 0 Å². The van der Waals surface area contributed by atoms with Gasteiger partial charge in [-0.05, 0) is 19.9 Å². The summed E-state index contributed by atoms with van der Waals surface area (Å²) in [5, 5.41) is 8.47. The van der Waals surface area contributed by atoms with Crippen LogP contribution < -0.4 is 0 Å². The third kappa shape index (κ3) is 2.65. The number of hydrogen-bond donors (Lipinski definition) is 1. The molecule has 12 heavy (non-hydrogen) atoms. The first-order valence-corrected chi connectivity index (χ1v) is 3.40. The highest BCUT2D eigenvalue weighted by Gasteiger charge is 2.28. The minimum atomic E-state index is -1.54. The quantitative estimate of drug-likeness (QED) is 0.490. The second-order valence-corrected chi connectivity index (χ2v) is 2.28. The van der Waals surface area contributed by atoms with Crippen LogP contribution in [0.25, 0.3) is 0 Å². The molecule has 0 aromatic carbocycles. The molecule has 0 radical (unpaired) electrons. The van der Waals surface area contributed by atoms with Crippen molar-refractivity contribution in [3.63, 3.8) is 0 Å². The Hall–Kier alpha value is -1.45. The third-order valence-corrected chi connectivity index (χ3v) is 1.27. The van der Waals surface area contributed by atoms with E-state index in [1.165, 1.54) is 6.08 Å². The van der Waals surface area contributed by atoms with E-state index in [0.29, 0.717) is 0 Å². The molecule has 0 bridgehead atoms. The van der Waals surface area contributed by atoms with Gasteiger partial charge in [-0.15, -0.1) is 0 Å². The van der Waals surface area contributed by atoms with E-state index in [1.54, 1.807) is 6.92 Å². The van der Waals surface area contributed by atoms with E-state index < -0.39 is 23.5 Å². The Labute approximate surface area is 69.9 Å². The summed E-state index contributed by atoms with van der Waals surface area (Å²) in [5.74, 6) is -4.27. The zero-order valence-electron chi connectivity index (χ0n) is 6.90. The number of ketones is 2. The molecule has 0 spiro atoms. The molecular formula is C8H10O4. The second-order valence-electron chi connectivity index (χ2n) is 2.28.